The fraction of sp³-hybridized carbons (Fsp3) is 0.410. The van der Waals surface area contributed by atoms with E-state index in [1.807, 2.05) is 214 Å². The molecule has 14 heteroatoms. The first kappa shape index (κ1) is 55.6. The van der Waals surface area contributed by atoms with Crippen LogP contribution in [0.5, 0.6) is 0 Å². The Balaban J connectivity index is 1.42. The average molecular weight is 1020 g/mol. The van der Waals surface area contributed by atoms with Crippen LogP contribution in [0.15, 0.2) is 152 Å². The molecule has 5 atom stereocenters. The van der Waals surface area contributed by atoms with Crippen molar-refractivity contribution in [3.8, 4) is 0 Å². The second-order valence-corrected chi connectivity index (χ2v) is 21.5. The van der Waals surface area contributed by atoms with E-state index in [1.54, 1.807) is 0 Å². The van der Waals surface area contributed by atoms with E-state index in [-0.39, 0.29) is 12.8 Å². The van der Waals surface area contributed by atoms with Crippen LogP contribution in [0, 0.1) is 0 Å². The molecule has 2 heterocycles. The van der Waals surface area contributed by atoms with Gasteiger partial charge in [0.05, 0.1) is 30.2 Å². The minimum absolute atomic E-state index is 0.216. The monoisotopic (exact) mass is 1020 g/mol. The van der Waals surface area contributed by atoms with Crippen LogP contribution in [0.1, 0.15) is 133 Å². The summed E-state index contributed by atoms with van der Waals surface area (Å²) in [5.41, 5.74) is 1.81. The third kappa shape index (κ3) is 13.0. The molecule has 14 nitrogen and oxygen atoms in total. The van der Waals surface area contributed by atoms with E-state index in [1.165, 1.54) is 29.4 Å². The van der Waals surface area contributed by atoms with Crippen molar-refractivity contribution in [2.24, 2.45) is 0 Å². The lowest BCUT2D eigenvalue weighted by Gasteiger charge is -2.52. The SMILES string of the molecule is CC(c1ccccc1)N1CC(=O)N([C@@H](C)c2ccccc2)CC(=O)N([C@@H](C)c2ccccc2)CC(=O)N(C2CC(C)(C)N([O])C(C)(C)C2)CC(=O)N([C@@H](C)c2ccccc2)CC(=O)N([C@@H](C)c2ccccc2)CC1=O. The Labute approximate surface area is 443 Å². The van der Waals surface area contributed by atoms with Crippen LogP contribution in [0.3, 0.4) is 0 Å². The van der Waals surface area contributed by atoms with Crippen LogP contribution in [0.4, 0.5) is 0 Å². The summed E-state index contributed by atoms with van der Waals surface area (Å²) in [6.07, 6.45) is 0.432. The van der Waals surface area contributed by atoms with Gasteiger partial charge in [-0.05, 0) is 103 Å². The van der Waals surface area contributed by atoms with Crippen LogP contribution in [0.2, 0.25) is 0 Å². The summed E-state index contributed by atoms with van der Waals surface area (Å²) >= 11 is 0. The van der Waals surface area contributed by atoms with E-state index in [9.17, 15) is 5.21 Å². The average Bonchev–Trinajstić information content (AvgIpc) is 3.42. The minimum Gasteiger partial charge on any atom is -0.329 e. The second kappa shape index (κ2) is 24.0. The van der Waals surface area contributed by atoms with E-state index in [0.717, 1.165) is 32.9 Å². The van der Waals surface area contributed by atoms with E-state index in [2.05, 4.69) is 0 Å². The molecule has 0 aromatic heterocycles. The summed E-state index contributed by atoms with van der Waals surface area (Å²) in [5, 5.41) is 14.9. The molecule has 2 aliphatic heterocycles. The van der Waals surface area contributed by atoms with Crippen LogP contribution >= 0.6 is 0 Å². The smallest absolute Gasteiger partial charge is 0.243 e. The van der Waals surface area contributed by atoms with Gasteiger partial charge in [0.25, 0.3) is 0 Å². The van der Waals surface area contributed by atoms with Crippen molar-refractivity contribution in [3.63, 3.8) is 0 Å². The van der Waals surface area contributed by atoms with Gasteiger partial charge in [-0.1, -0.05) is 152 Å². The van der Waals surface area contributed by atoms with Gasteiger partial charge in [-0.3, -0.25) is 28.8 Å². The molecule has 75 heavy (non-hydrogen) atoms. The highest BCUT2D eigenvalue weighted by Crippen LogP contribution is 2.40. The number of hydroxylamine groups is 2. The third-order valence-corrected chi connectivity index (χ3v) is 15.5. The first-order valence-corrected chi connectivity index (χ1v) is 26.2. The Morgan fingerprint density at radius 3 is 0.760 bits per heavy atom. The zero-order valence-corrected chi connectivity index (χ0v) is 45.0. The highest BCUT2D eigenvalue weighted by Gasteiger charge is 2.49. The molecule has 2 aliphatic rings. The van der Waals surface area contributed by atoms with Gasteiger partial charge in [-0.25, -0.2) is 0 Å². The molecule has 395 valence electrons. The van der Waals surface area contributed by atoms with Gasteiger partial charge in [0.1, 0.15) is 39.3 Å². The van der Waals surface area contributed by atoms with Crippen molar-refractivity contribution in [2.75, 3.05) is 39.3 Å². The van der Waals surface area contributed by atoms with Gasteiger partial charge >= 0.3 is 0 Å². The largest absolute Gasteiger partial charge is 0.329 e. The molecule has 7 rings (SSSR count). The summed E-state index contributed by atoms with van der Waals surface area (Å²) in [4.78, 5) is 102. The predicted molar refractivity (Wildman–Crippen MR) is 288 cm³/mol. The van der Waals surface area contributed by atoms with E-state index in [4.69, 9.17) is 0 Å². The maximum Gasteiger partial charge on any atom is 0.243 e. The summed E-state index contributed by atoms with van der Waals surface area (Å²) in [6.45, 7) is 13.6. The Kier molecular flexibility index (Phi) is 17.8. The molecule has 0 bridgehead atoms. The topological polar surface area (TPSA) is 145 Å². The number of piperidine rings is 1. The highest BCUT2D eigenvalue weighted by atomic mass is 16.5. The lowest BCUT2D eigenvalue weighted by molar-refractivity contribution is -0.293. The zero-order chi connectivity index (χ0) is 54.2. The normalized spacial score (nSPS) is 20.3. The number of amides is 6. The van der Waals surface area contributed by atoms with Crippen LogP contribution in [-0.2, 0) is 34.0 Å². The number of hydrogen-bond donors (Lipinski definition) is 0. The number of nitrogens with zero attached hydrogens (tertiary/aromatic N) is 7. The van der Waals surface area contributed by atoms with Gasteiger partial charge < -0.3 is 29.4 Å². The molecule has 2 saturated heterocycles. The van der Waals surface area contributed by atoms with E-state index < -0.39 is 122 Å². The Morgan fingerprint density at radius 1 is 0.333 bits per heavy atom. The molecule has 1 unspecified atom stereocenters. The molecular formula is C61H74N7O7. The maximum atomic E-state index is 15.6. The second-order valence-electron chi connectivity index (χ2n) is 21.5. The molecule has 6 amide bonds. The molecule has 1 radical (unpaired) electrons. The van der Waals surface area contributed by atoms with Crippen LogP contribution in [-0.4, -0.2) is 126 Å². The quantitative estimate of drug-likeness (QED) is 0.128. The highest BCUT2D eigenvalue weighted by molar-refractivity contribution is 5.94. The molecule has 0 aliphatic carbocycles. The fourth-order valence-electron chi connectivity index (χ4n) is 11.0. The van der Waals surface area contributed by atoms with Crippen molar-refractivity contribution < 1.29 is 34.0 Å². The summed E-state index contributed by atoms with van der Waals surface area (Å²) in [6, 6.07) is 42.6. The summed E-state index contributed by atoms with van der Waals surface area (Å²) in [5.74, 6) is -3.15. The Bertz CT molecular complexity index is 2640. The molecule has 0 spiro atoms. The van der Waals surface area contributed by atoms with Crippen LogP contribution in [0.25, 0.3) is 0 Å². The Morgan fingerprint density at radius 2 is 0.533 bits per heavy atom. The van der Waals surface area contributed by atoms with E-state index in [0.29, 0.717) is 0 Å². The fourth-order valence-corrected chi connectivity index (χ4v) is 11.0. The molecule has 2 fully saturated rings. The van der Waals surface area contributed by atoms with Crippen molar-refractivity contribution in [3.05, 3.63) is 179 Å². The first-order chi connectivity index (χ1) is 35.7. The van der Waals surface area contributed by atoms with Gasteiger partial charge in [0, 0.05) is 17.1 Å². The van der Waals surface area contributed by atoms with Crippen molar-refractivity contribution in [1.82, 2.24) is 34.5 Å². The summed E-state index contributed by atoms with van der Waals surface area (Å²) in [7, 11) is 0. The molecule has 5 aromatic rings. The predicted octanol–water partition coefficient (Wildman–Crippen LogP) is 9.14. The Hall–Kier alpha value is -7.16. The number of carbonyl (C=O) groups is 6. The third-order valence-electron chi connectivity index (χ3n) is 15.5. The number of hydrogen-bond acceptors (Lipinski definition) is 7. The number of benzene rings is 5. The minimum atomic E-state index is -0.956. The molecular weight excluding hydrogens is 943 g/mol. The van der Waals surface area contributed by atoms with Crippen molar-refractivity contribution >= 4 is 35.4 Å². The van der Waals surface area contributed by atoms with Crippen molar-refractivity contribution in [1.29, 1.82) is 0 Å². The van der Waals surface area contributed by atoms with Crippen molar-refractivity contribution in [2.45, 2.75) is 122 Å². The molecule has 0 N–H and O–H groups in total. The van der Waals surface area contributed by atoms with E-state index >= 15 is 28.8 Å². The molecule has 5 aromatic carbocycles. The summed E-state index contributed by atoms with van der Waals surface area (Å²) < 4.78 is 0. The number of rotatable bonds is 11. The number of carbonyl (C=O) groups excluding carboxylic acids is 6. The van der Waals surface area contributed by atoms with Gasteiger partial charge in [-0.15, -0.1) is 10.3 Å². The van der Waals surface area contributed by atoms with Crippen LogP contribution < -0.4 is 0 Å². The zero-order valence-electron chi connectivity index (χ0n) is 45.0. The lowest BCUT2D eigenvalue weighted by Crippen LogP contribution is -2.64. The maximum absolute atomic E-state index is 15.6. The van der Waals surface area contributed by atoms with Gasteiger partial charge in [0.15, 0.2) is 0 Å². The first-order valence-electron chi connectivity index (χ1n) is 26.2. The van der Waals surface area contributed by atoms with Gasteiger partial charge in [-0.2, -0.15) is 0 Å². The lowest BCUT2D eigenvalue weighted by atomic mass is 9.78. The van der Waals surface area contributed by atoms with Gasteiger partial charge in [0.2, 0.25) is 35.4 Å². The standard InChI is InChI=1S/C61H74N7O7/c1-43(48-25-15-10-16-26-48)62-37-55(70)64(45(3)50-29-19-12-20-30-50)39-57(72)66(47(5)52-33-23-14-24-34-52)41-59(74)67(53-35-60(6,7)68(75)61(8,9)36-53)42-58(73)65(46(4)51-31-21-13-22-32-51)40-56(71)63(38-54(62)69)44(2)49-27-17-11-18-28-49/h10-34,43-47,53H,35-42H2,1-9H3/t43?,44-,45-,46-,47-/m0/s1. The molecule has 0 saturated carbocycles.